The van der Waals surface area contributed by atoms with Gasteiger partial charge in [0.2, 0.25) is 5.91 Å². The summed E-state index contributed by atoms with van der Waals surface area (Å²) in [6.45, 7) is 6.45. The van der Waals surface area contributed by atoms with Crippen molar-refractivity contribution in [2.75, 3.05) is 5.32 Å². The molecule has 1 aliphatic rings. The predicted molar refractivity (Wildman–Crippen MR) is 101 cm³/mol. The lowest BCUT2D eigenvalue weighted by atomic mass is 9.81. The van der Waals surface area contributed by atoms with Crippen molar-refractivity contribution in [2.24, 2.45) is 7.05 Å². The number of hydrogen-bond donors (Lipinski definition) is 1. The third-order valence-electron chi connectivity index (χ3n) is 4.82. The molecule has 0 spiro atoms. The fourth-order valence-corrected chi connectivity index (χ4v) is 3.66. The number of carbonyl (C=O) groups is 1. The number of para-hydroxylation sites is 1. The van der Waals surface area contributed by atoms with E-state index in [4.69, 9.17) is 5.10 Å². The largest absolute Gasteiger partial charge is 0.311 e. The van der Waals surface area contributed by atoms with E-state index in [0.717, 1.165) is 28.5 Å². The Hall–Kier alpha value is -2.89. The van der Waals surface area contributed by atoms with E-state index in [0.29, 0.717) is 6.42 Å². The molecule has 1 aromatic carbocycles. The van der Waals surface area contributed by atoms with E-state index < -0.39 is 0 Å². The topological polar surface area (TPSA) is 64.7 Å². The van der Waals surface area contributed by atoms with Gasteiger partial charge in [-0.1, -0.05) is 39.0 Å². The first-order chi connectivity index (χ1) is 12.4. The summed E-state index contributed by atoms with van der Waals surface area (Å²) >= 11 is 0. The average Bonchev–Trinajstić information content (AvgIpc) is 3.20. The van der Waals surface area contributed by atoms with Crippen LogP contribution in [-0.2, 0) is 17.3 Å². The highest BCUT2D eigenvalue weighted by Gasteiger charge is 2.37. The lowest BCUT2D eigenvalue weighted by molar-refractivity contribution is -0.116. The van der Waals surface area contributed by atoms with E-state index in [-0.39, 0.29) is 17.2 Å². The maximum absolute atomic E-state index is 12.4. The summed E-state index contributed by atoms with van der Waals surface area (Å²) in [6, 6.07) is 12.0. The normalized spacial score (nSPS) is 17.1. The van der Waals surface area contributed by atoms with Crippen molar-refractivity contribution in [2.45, 2.75) is 38.5 Å². The van der Waals surface area contributed by atoms with E-state index in [1.165, 1.54) is 0 Å². The zero-order chi connectivity index (χ0) is 18.5. The van der Waals surface area contributed by atoms with Gasteiger partial charge in [-0.3, -0.25) is 9.48 Å². The monoisotopic (exact) mass is 349 g/mol. The number of rotatable bonds is 2. The lowest BCUT2D eigenvalue weighted by Gasteiger charge is -2.27. The molecule has 1 aliphatic heterocycles. The first kappa shape index (κ1) is 16.6. The van der Waals surface area contributed by atoms with Gasteiger partial charge >= 0.3 is 0 Å². The summed E-state index contributed by atoms with van der Waals surface area (Å²) in [4.78, 5) is 12.4. The van der Waals surface area contributed by atoms with Gasteiger partial charge in [-0.05, 0) is 18.2 Å². The molecule has 6 nitrogen and oxygen atoms in total. The van der Waals surface area contributed by atoms with Crippen LogP contribution < -0.4 is 5.32 Å². The Morgan fingerprint density at radius 2 is 1.88 bits per heavy atom. The Labute approximate surface area is 152 Å². The fraction of sp³-hybridized carbons (Fsp3) is 0.350. The van der Waals surface area contributed by atoms with Crippen LogP contribution in [0.2, 0.25) is 0 Å². The fourth-order valence-electron chi connectivity index (χ4n) is 3.66. The summed E-state index contributed by atoms with van der Waals surface area (Å²) in [5.74, 6) is 0.716. The Bertz CT molecular complexity index is 962. The molecule has 0 bridgehead atoms. The van der Waals surface area contributed by atoms with Gasteiger partial charge in [-0.2, -0.15) is 10.2 Å². The lowest BCUT2D eigenvalue weighted by Crippen LogP contribution is -2.27. The van der Waals surface area contributed by atoms with Crippen LogP contribution >= 0.6 is 0 Å². The molecule has 4 rings (SSSR count). The molecule has 0 saturated heterocycles. The van der Waals surface area contributed by atoms with Crippen LogP contribution in [0, 0.1) is 0 Å². The first-order valence-corrected chi connectivity index (χ1v) is 8.83. The first-order valence-electron chi connectivity index (χ1n) is 8.83. The van der Waals surface area contributed by atoms with Gasteiger partial charge in [0.15, 0.2) is 0 Å². The molecule has 1 atom stereocenters. The second kappa shape index (κ2) is 5.83. The number of aryl methyl sites for hydroxylation is 1. The standard InChI is InChI=1S/C20H23N5O/c1-20(2,3)18-17-14(12-16(26)22-19(17)24(4)23-18)15-10-11-21-25(15)13-8-6-5-7-9-13/h5-11,14H,12H2,1-4H3,(H,22,26). The predicted octanol–water partition coefficient (Wildman–Crippen LogP) is 3.38. The van der Waals surface area contributed by atoms with Crippen molar-refractivity contribution in [3.63, 3.8) is 0 Å². The molecule has 26 heavy (non-hydrogen) atoms. The second-order valence-electron chi connectivity index (χ2n) is 7.79. The summed E-state index contributed by atoms with van der Waals surface area (Å²) in [5.41, 5.74) is 3.98. The van der Waals surface area contributed by atoms with Crippen LogP contribution in [0.1, 0.15) is 50.1 Å². The molecule has 0 fully saturated rings. The number of nitrogens with zero attached hydrogens (tertiary/aromatic N) is 4. The summed E-state index contributed by atoms with van der Waals surface area (Å²) < 4.78 is 3.70. The van der Waals surface area contributed by atoms with Crippen molar-refractivity contribution in [3.05, 3.63) is 59.5 Å². The van der Waals surface area contributed by atoms with Crippen molar-refractivity contribution in [1.82, 2.24) is 19.6 Å². The van der Waals surface area contributed by atoms with Crippen LogP contribution in [0.15, 0.2) is 42.6 Å². The Balaban J connectivity index is 1.91. The molecular weight excluding hydrogens is 326 g/mol. The van der Waals surface area contributed by atoms with Gasteiger partial charge in [0.25, 0.3) is 0 Å². The van der Waals surface area contributed by atoms with Gasteiger partial charge in [0, 0.05) is 36.6 Å². The van der Waals surface area contributed by atoms with Crippen molar-refractivity contribution >= 4 is 11.7 Å². The van der Waals surface area contributed by atoms with Crippen LogP contribution in [0.25, 0.3) is 5.69 Å². The van der Waals surface area contributed by atoms with E-state index in [2.05, 4.69) is 31.2 Å². The van der Waals surface area contributed by atoms with Gasteiger partial charge in [0.05, 0.1) is 17.1 Å². The number of amides is 1. The van der Waals surface area contributed by atoms with Crippen molar-refractivity contribution in [1.29, 1.82) is 0 Å². The minimum atomic E-state index is -0.122. The van der Waals surface area contributed by atoms with Crippen molar-refractivity contribution in [3.8, 4) is 5.69 Å². The molecule has 3 heterocycles. The molecule has 2 aromatic heterocycles. The SMILES string of the molecule is Cn1nc(C(C)(C)C)c2c1NC(=O)CC2c1ccnn1-c1ccccc1. The van der Waals surface area contributed by atoms with Gasteiger partial charge < -0.3 is 5.32 Å². The van der Waals surface area contributed by atoms with Gasteiger partial charge in [-0.15, -0.1) is 0 Å². The number of benzene rings is 1. The molecule has 0 aliphatic carbocycles. The third-order valence-corrected chi connectivity index (χ3v) is 4.82. The maximum atomic E-state index is 12.4. The van der Waals surface area contributed by atoms with E-state index >= 15 is 0 Å². The summed E-state index contributed by atoms with van der Waals surface area (Å²) in [7, 11) is 1.88. The third kappa shape index (κ3) is 2.62. The van der Waals surface area contributed by atoms with Crippen LogP contribution in [0.4, 0.5) is 5.82 Å². The summed E-state index contributed by atoms with van der Waals surface area (Å²) in [6.07, 6.45) is 2.18. The van der Waals surface area contributed by atoms with Gasteiger partial charge in [-0.25, -0.2) is 4.68 Å². The van der Waals surface area contributed by atoms with E-state index in [1.807, 2.05) is 48.1 Å². The molecule has 1 unspecified atom stereocenters. The Morgan fingerprint density at radius 1 is 1.15 bits per heavy atom. The zero-order valence-corrected chi connectivity index (χ0v) is 15.5. The van der Waals surface area contributed by atoms with E-state index in [1.54, 1.807) is 10.9 Å². The molecule has 6 heteroatoms. The molecule has 0 saturated carbocycles. The second-order valence-corrected chi connectivity index (χ2v) is 7.79. The minimum Gasteiger partial charge on any atom is -0.311 e. The number of aromatic nitrogens is 4. The Kier molecular flexibility index (Phi) is 3.72. The number of fused-ring (bicyclic) bond motifs is 1. The van der Waals surface area contributed by atoms with Crippen LogP contribution in [0.3, 0.4) is 0 Å². The highest BCUT2D eigenvalue weighted by Crippen LogP contribution is 2.42. The quantitative estimate of drug-likeness (QED) is 0.771. The number of hydrogen-bond acceptors (Lipinski definition) is 3. The molecule has 134 valence electrons. The Morgan fingerprint density at radius 3 is 2.58 bits per heavy atom. The molecule has 0 radical (unpaired) electrons. The van der Waals surface area contributed by atoms with Crippen molar-refractivity contribution < 1.29 is 4.79 Å². The van der Waals surface area contributed by atoms with Gasteiger partial charge in [0.1, 0.15) is 5.82 Å². The molecule has 1 amide bonds. The number of carbonyl (C=O) groups excluding carboxylic acids is 1. The highest BCUT2D eigenvalue weighted by molar-refractivity contribution is 5.94. The minimum absolute atomic E-state index is 0.00627. The highest BCUT2D eigenvalue weighted by atomic mass is 16.1. The molecule has 3 aromatic rings. The average molecular weight is 349 g/mol. The van der Waals surface area contributed by atoms with E-state index in [9.17, 15) is 4.79 Å². The van der Waals surface area contributed by atoms with Crippen LogP contribution in [0.5, 0.6) is 0 Å². The number of anilines is 1. The molecular formula is C20H23N5O. The smallest absolute Gasteiger partial charge is 0.226 e. The van der Waals surface area contributed by atoms with Crippen LogP contribution in [-0.4, -0.2) is 25.5 Å². The zero-order valence-electron chi connectivity index (χ0n) is 15.5. The number of nitrogens with one attached hydrogen (secondary N) is 1. The molecule has 1 N–H and O–H groups in total. The maximum Gasteiger partial charge on any atom is 0.226 e. The summed E-state index contributed by atoms with van der Waals surface area (Å²) in [5, 5.41) is 12.3.